The average Bonchev–Trinajstić information content (AvgIpc) is 2.47. The molecule has 0 radical (unpaired) electrons. The minimum Gasteiger partial charge on any atom is -0.343 e. The third kappa shape index (κ3) is 3.83. The summed E-state index contributed by atoms with van der Waals surface area (Å²) in [6.07, 6.45) is 3.65. The zero-order chi connectivity index (χ0) is 14.4. The van der Waals surface area contributed by atoms with Gasteiger partial charge in [-0.05, 0) is 31.2 Å². The Hall–Kier alpha value is -1.84. The Labute approximate surface area is 120 Å². The van der Waals surface area contributed by atoms with E-state index in [1.807, 2.05) is 25.1 Å². The monoisotopic (exact) mass is 274 g/mol. The molecular weight excluding hydrogens is 252 g/mol. The quantitative estimate of drug-likeness (QED) is 0.803. The van der Waals surface area contributed by atoms with Gasteiger partial charge in [-0.2, -0.15) is 0 Å². The van der Waals surface area contributed by atoms with Gasteiger partial charge in [-0.3, -0.25) is 9.59 Å². The maximum absolute atomic E-state index is 12.1. The minimum absolute atomic E-state index is 0.0421. The summed E-state index contributed by atoms with van der Waals surface area (Å²) in [7, 11) is 0. The molecule has 1 fully saturated rings. The molecule has 0 aliphatic carbocycles. The summed E-state index contributed by atoms with van der Waals surface area (Å²) in [6.45, 7) is 2.80. The number of benzene rings is 1. The highest BCUT2D eigenvalue weighted by molar-refractivity contribution is 5.94. The first-order valence-corrected chi connectivity index (χ1v) is 7.32. The van der Waals surface area contributed by atoms with Crippen molar-refractivity contribution in [2.75, 3.05) is 13.1 Å². The Kier molecular flexibility index (Phi) is 5.16. The predicted molar refractivity (Wildman–Crippen MR) is 78.2 cm³/mol. The summed E-state index contributed by atoms with van der Waals surface area (Å²) in [5.41, 5.74) is 1.32. The van der Waals surface area contributed by atoms with E-state index in [0.29, 0.717) is 13.0 Å². The first kappa shape index (κ1) is 14.6. The summed E-state index contributed by atoms with van der Waals surface area (Å²) in [6, 6.07) is 10.0. The molecule has 1 aliphatic rings. The largest absolute Gasteiger partial charge is 0.343 e. The molecule has 1 heterocycles. The van der Waals surface area contributed by atoms with E-state index in [1.54, 1.807) is 4.90 Å². The molecule has 0 bridgehead atoms. The Morgan fingerprint density at radius 3 is 2.65 bits per heavy atom. The Balaban J connectivity index is 1.75. The van der Waals surface area contributed by atoms with Gasteiger partial charge in [0.15, 0.2) is 0 Å². The number of hydrogen-bond acceptors (Lipinski definition) is 2. The van der Waals surface area contributed by atoms with E-state index in [1.165, 1.54) is 5.56 Å². The molecule has 1 aliphatic heterocycles. The van der Waals surface area contributed by atoms with Gasteiger partial charge in [-0.1, -0.05) is 37.3 Å². The van der Waals surface area contributed by atoms with Crippen molar-refractivity contribution in [1.29, 1.82) is 0 Å². The van der Waals surface area contributed by atoms with Crippen LogP contribution >= 0.6 is 0 Å². The SMILES string of the molecule is CCC1NC(=O)CN(CCCCc2ccccc2)C1=O. The van der Waals surface area contributed by atoms with Gasteiger partial charge < -0.3 is 10.2 Å². The summed E-state index contributed by atoms with van der Waals surface area (Å²) in [5, 5.41) is 2.73. The average molecular weight is 274 g/mol. The van der Waals surface area contributed by atoms with E-state index in [4.69, 9.17) is 0 Å². The van der Waals surface area contributed by atoms with Crippen LogP contribution in [-0.4, -0.2) is 35.8 Å². The predicted octanol–water partition coefficient (Wildman–Crippen LogP) is 1.75. The number of nitrogens with one attached hydrogen (secondary N) is 1. The molecule has 0 saturated carbocycles. The topological polar surface area (TPSA) is 49.4 Å². The first-order chi connectivity index (χ1) is 9.70. The number of carbonyl (C=O) groups excluding carboxylic acids is 2. The molecule has 0 spiro atoms. The molecule has 2 rings (SSSR count). The Morgan fingerprint density at radius 1 is 1.20 bits per heavy atom. The number of unbranched alkanes of at least 4 members (excludes halogenated alkanes) is 1. The molecule has 4 nitrogen and oxygen atoms in total. The van der Waals surface area contributed by atoms with Crippen LogP contribution in [0.2, 0.25) is 0 Å². The van der Waals surface area contributed by atoms with Crippen LogP contribution < -0.4 is 5.32 Å². The third-order valence-electron chi connectivity index (χ3n) is 3.67. The molecule has 108 valence electrons. The van der Waals surface area contributed by atoms with E-state index in [9.17, 15) is 9.59 Å². The smallest absolute Gasteiger partial charge is 0.245 e. The van der Waals surface area contributed by atoms with Gasteiger partial charge in [0.2, 0.25) is 11.8 Å². The van der Waals surface area contributed by atoms with Crippen molar-refractivity contribution in [1.82, 2.24) is 10.2 Å². The highest BCUT2D eigenvalue weighted by atomic mass is 16.2. The number of amides is 2. The number of aryl methyl sites for hydroxylation is 1. The van der Waals surface area contributed by atoms with Gasteiger partial charge in [-0.25, -0.2) is 0 Å². The van der Waals surface area contributed by atoms with Crippen molar-refractivity contribution < 1.29 is 9.59 Å². The molecule has 1 atom stereocenters. The number of carbonyl (C=O) groups is 2. The van der Waals surface area contributed by atoms with Crippen LogP contribution in [0.4, 0.5) is 0 Å². The summed E-state index contributed by atoms with van der Waals surface area (Å²) in [5.74, 6) is 0.0197. The lowest BCUT2D eigenvalue weighted by molar-refractivity contribution is -0.144. The Morgan fingerprint density at radius 2 is 1.95 bits per heavy atom. The second-order valence-electron chi connectivity index (χ2n) is 5.23. The molecular formula is C16H22N2O2. The minimum atomic E-state index is -0.328. The fourth-order valence-electron chi connectivity index (χ4n) is 2.52. The zero-order valence-corrected chi connectivity index (χ0v) is 12.0. The lowest BCUT2D eigenvalue weighted by Crippen LogP contribution is -2.57. The zero-order valence-electron chi connectivity index (χ0n) is 12.0. The van der Waals surface area contributed by atoms with Crippen LogP contribution in [0.5, 0.6) is 0 Å². The van der Waals surface area contributed by atoms with Crippen molar-refractivity contribution in [3.05, 3.63) is 35.9 Å². The fourth-order valence-corrected chi connectivity index (χ4v) is 2.52. The molecule has 20 heavy (non-hydrogen) atoms. The Bertz CT molecular complexity index is 459. The van der Waals surface area contributed by atoms with E-state index in [0.717, 1.165) is 19.3 Å². The van der Waals surface area contributed by atoms with Gasteiger partial charge in [0, 0.05) is 6.54 Å². The lowest BCUT2D eigenvalue weighted by Gasteiger charge is -2.32. The molecule has 1 aromatic carbocycles. The first-order valence-electron chi connectivity index (χ1n) is 7.32. The molecule has 0 aromatic heterocycles. The number of hydrogen-bond donors (Lipinski definition) is 1. The molecule has 1 aromatic rings. The molecule has 1 unspecified atom stereocenters. The molecule has 1 N–H and O–H groups in total. The van der Waals surface area contributed by atoms with Crippen molar-refractivity contribution >= 4 is 11.8 Å². The van der Waals surface area contributed by atoms with E-state index in [2.05, 4.69) is 17.4 Å². The van der Waals surface area contributed by atoms with Crippen LogP contribution in [-0.2, 0) is 16.0 Å². The van der Waals surface area contributed by atoms with Crippen LogP contribution in [0.1, 0.15) is 31.7 Å². The maximum atomic E-state index is 12.1. The number of rotatable bonds is 6. The van der Waals surface area contributed by atoms with Gasteiger partial charge >= 0.3 is 0 Å². The molecule has 2 amide bonds. The summed E-state index contributed by atoms with van der Waals surface area (Å²) >= 11 is 0. The van der Waals surface area contributed by atoms with Crippen molar-refractivity contribution in [3.63, 3.8) is 0 Å². The van der Waals surface area contributed by atoms with E-state index < -0.39 is 0 Å². The third-order valence-corrected chi connectivity index (χ3v) is 3.67. The highest BCUT2D eigenvalue weighted by Crippen LogP contribution is 2.09. The van der Waals surface area contributed by atoms with Gasteiger partial charge in [0.25, 0.3) is 0 Å². The fraction of sp³-hybridized carbons (Fsp3) is 0.500. The van der Waals surface area contributed by atoms with Gasteiger partial charge in [-0.15, -0.1) is 0 Å². The van der Waals surface area contributed by atoms with Crippen LogP contribution in [0.15, 0.2) is 30.3 Å². The lowest BCUT2D eigenvalue weighted by atomic mass is 10.1. The van der Waals surface area contributed by atoms with Crippen molar-refractivity contribution in [3.8, 4) is 0 Å². The second kappa shape index (κ2) is 7.08. The number of nitrogens with zero attached hydrogens (tertiary/aromatic N) is 1. The van der Waals surface area contributed by atoms with Crippen LogP contribution in [0.25, 0.3) is 0 Å². The van der Waals surface area contributed by atoms with E-state index in [-0.39, 0.29) is 24.4 Å². The van der Waals surface area contributed by atoms with Crippen molar-refractivity contribution in [2.24, 2.45) is 0 Å². The molecule has 1 saturated heterocycles. The van der Waals surface area contributed by atoms with Gasteiger partial charge in [0.1, 0.15) is 6.04 Å². The van der Waals surface area contributed by atoms with Crippen molar-refractivity contribution in [2.45, 2.75) is 38.6 Å². The second-order valence-corrected chi connectivity index (χ2v) is 5.23. The standard InChI is InChI=1S/C16H22N2O2/c1-2-14-16(20)18(12-15(19)17-14)11-7-6-10-13-8-4-3-5-9-13/h3-5,8-9,14H,2,6-7,10-12H2,1H3,(H,17,19). The maximum Gasteiger partial charge on any atom is 0.245 e. The summed E-state index contributed by atoms with van der Waals surface area (Å²) in [4.78, 5) is 25.3. The number of piperazine rings is 1. The van der Waals surface area contributed by atoms with Crippen LogP contribution in [0.3, 0.4) is 0 Å². The summed E-state index contributed by atoms with van der Waals surface area (Å²) < 4.78 is 0. The van der Waals surface area contributed by atoms with Gasteiger partial charge in [0.05, 0.1) is 6.54 Å². The highest BCUT2D eigenvalue weighted by Gasteiger charge is 2.30. The van der Waals surface area contributed by atoms with Crippen LogP contribution in [0, 0.1) is 0 Å². The normalized spacial score (nSPS) is 19.1. The molecule has 4 heteroatoms. The van der Waals surface area contributed by atoms with E-state index >= 15 is 0 Å².